The summed E-state index contributed by atoms with van der Waals surface area (Å²) in [6, 6.07) is 1.07. The highest BCUT2D eigenvalue weighted by atomic mass is 79.9. The molecule has 1 unspecified atom stereocenters. The maximum Gasteiger partial charge on any atom is 0.253 e. The summed E-state index contributed by atoms with van der Waals surface area (Å²) < 4.78 is 0.716. The molecule has 6 heteroatoms. The van der Waals surface area contributed by atoms with Crippen molar-refractivity contribution in [2.45, 2.75) is 13.0 Å². The third kappa shape index (κ3) is 3.30. The molecule has 0 bridgehead atoms. The first-order valence-electron chi connectivity index (χ1n) is 4.67. The van der Waals surface area contributed by atoms with Gasteiger partial charge in [-0.2, -0.15) is 0 Å². The number of halogens is 1. The second-order valence-corrected chi connectivity index (χ2v) is 4.12. The number of hydrogen-bond donors (Lipinski definition) is 2. The summed E-state index contributed by atoms with van der Waals surface area (Å²) >= 11 is 3.22. The lowest BCUT2D eigenvalue weighted by Gasteiger charge is -2.11. The number of aromatic nitrogens is 1. The van der Waals surface area contributed by atoms with Crippen LogP contribution in [0.15, 0.2) is 22.9 Å². The van der Waals surface area contributed by atoms with Crippen LogP contribution in [0.1, 0.15) is 17.3 Å². The van der Waals surface area contributed by atoms with Crippen molar-refractivity contribution in [1.82, 2.24) is 15.6 Å². The zero-order chi connectivity index (χ0) is 12.1. The fourth-order valence-electron chi connectivity index (χ4n) is 1.10. The molecule has 5 nitrogen and oxygen atoms in total. The van der Waals surface area contributed by atoms with Crippen LogP contribution in [-0.2, 0) is 4.79 Å². The van der Waals surface area contributed by atoms with Gasteiger partial charge in [0, 0.05) is 23.9 Å². The van der Waals surface area contributed by atoms with Crippen molar-refractivity contribution in [2.24, 2.45) is 0 Å². The van der Waals surface area contributed by atoms with E-state index in [2.05, 4.69) is 31.5 Å². The van der Waals surface area contributed by atoms with Gasteiger partial charge < -0.3 is 10.6 Å². The minimum Gasteiger partial charge on any atom is -0.357 e. The van der Waals surface area contributed by atoms with Gasteiger partial charge in [0.15, 0.2) is 0 Å². The monoisotopic (exact) mass is 285 g/mol. The fourth-order valence-corrected chi connectivity index (χ4v) is 1.46. The molecular weight excluding hydrogens is 274 g/mol. The van der Waals surface area contributed by atoms with Crippen LogP contribution in [0.3, 0.4) is 0 Å². The summed E-state index contributed by atoms with van der Waals surface area (Å²) in [5.41, 5.74) is 0.408. The summed E-state index contributed by atoms with van der Waals surface area (Å²) in [6.07, 6.45) is 3.02. The summed E-state index contributed by atoms with van der Waals surface area (Å²) in [6.45, 7) is 1.61. The normalized spacial score (nSPS) is 11.7. The summed E-state index contributed by atoms with van der Waals surface area (Å²) in [5.74, 6) is -0.568. The van der Waals surface area contributed by atoms with Crippen molar-refractivity contribution >= 4 is 27.7 Å². The minimum absolute atomic E-state index is 0.240. The van der Waals surface area contributed by atoms with Crippen LogP contribution in [0.4, 0.5) is 0 Å². The Balaban J connectivity index is 2.69. The molecule has 0 saturated carbocycles. The van der Waals surface area contributed by atoms with E-state index in [0.717, 1.165) is 0 Å². The van der Waals surface area contributed by atoms with E-state index in [9.17, 15) is 9.59 Å². The number of pyridine rings is 1. The van der Waals surface area contributed by atoms with E-state index >= 15 is 0 Å². The SMILES string of the molecule is CNC(=O)C(C)NC(=O)c1cncc(Br)c1. The molecule has 0 saturated heterocycles. The van der Waals surface area contributed by atoms with Gasteiger partial charge in [-0.3, -0.25) is 14.6 Å². The first kappa shape index (κ1) is 12.6. The Morgan fingerprint density at radius 2 is 2.12 bits per heavy atom. The zero-order valence-corrected chi connectivity index (χ0v) is 10.5. The highest BCUT2D eigenvalue weighted by molar-refractivity contribution is 9.10. The third-order valence-electron chi connectivity index (χ3n) is 1.95. The van der Waals surface area contributed by atoms with E-state index in [1.54, 1.807) is 19.2 Å². The number of hydrogen-bond acceptors (Lipinski definition) is 3. The van der Waals surface area contributed by atoms with Crippen LogP contribution >= 0.6 is 15.9 Å². The van der Waals surface area contributed by atoms with Crippen molar-refractivity contribution in [2.75, 3.05) is 7.05 Å². The maximum absolute atomic E-state index is 11.7. The number of likely N-dealkylation sites (N-methyl/N-ethyl adjacent to an activating group) is 1. The molecule has 0 aliphatic heterocycles. The molecule has 0 aliphatic carbocycles. The molecule has 0 fully saturated rings. The molecule has 2 N–H and O–H groups in total. The van der Waals surface area contributed by atoms with Gasteiger partial charge in [-0.15, -0.1) is 0 Å². The van der Waals surface area contributed by atoms with Gasteiger partial charge in [0.2, 0.25) is 5.91 Å². The second-order valence-electron chi connectivity index (χ2n) is 3.20. The van der Waals surface area contributed by atoms with E-state index in [1.807, 2.05) is 0 Å². The van der Waals surface area contributed by atoms with Gasteiger partial charge in [-0.1, -0.05) is 0 Å². The van der Waals surface area contributed by atoms with Crippen molar-refractivity contribution in [3.63, 3.8) is 0 Å². The lowest BCUT2D eigenvalue weighted by molar-refractivity contribution is -0.122. The third-order valence-corrected chi connectivity index (χ3v) is 2.39. The van der Waals surface area contributed by atoms with Crippen molar-refractivity contribution in [3.05, 3.63) is 28.5 Å². The fraction of sp³-hybridized carbons (Fsp3) is 0.300. The Labute approximate surface area is 102 Å². The molecule has 0 spiro atoms. The Morgan fingerprint density at radius 3 is 2.69 bits per heavy atom. The van der Waals surface area contributed by atoms with Crippen LogP contribution in [-0.4, -0.2) is 29.9 Å². The van der Waals surface area contributed by atoms with Gasteiger partial charge >= 0.3 is 0 Å². The van der Waals surface area contributed by atoms with Crippen molar-refractivity contribution in [3.8, 4) is 0 Å². The van der Waals surface area contributed by atoms with Crippen LogP contribution in [0.5, 0.6) is 0 Å². The number of amides is 2. The standard InChI is InChI=1S/C10H12BrN3O2/c1-6(9(15)12-2)14-10(16)7-3-8(11)5-13-4-7/h3-6H,1-2H3,(H,12,15)(H,14,16). The van der Waals surface area contributed by atoms with Gasteiger partial charge in [0.25, 0.3) is 5.91 Å². The van der Waals surface area contributed by atoms with Crippen LogP contribution in [0.25, 0.3) is 0 Å². The van der Waals surface area contributed by atoms with E-state index in [4.69, 9.17) is 0 Å². The highest BCUT2D eigenvalue weighted by Gasteiger charge is 2.15. The minimum atomic E-state index is -0.573. The molecule has 1 atom stereocenters. The van der Waals surface area contributed by atoms with E-state index in [-0.39, 0.29) is 11.8 Å². The van der Waals surface area contributed by atoms with E-state index < -0.39 is 6.04 Å². The van der Waals surface area contributed by atoms with E-state index in [0.29, 0.717) is 10.0 Å². The van der Waals surface area contributed by atoms with Gasteiger partial charge in [-0.05, 0) is 28.9 Å². The van der Waals surface area contributed by atoms with Crippen LogP contribution in [0.2, 0.25) is 0 Å². The molecule has 0 aromatic carbocycles. The van der Waals surface area contributed by atoms with E-state index in [1.165, 1.54) is 13.2 Å². The van der Waals surface area contributed by atoms with Crippen molar-refractivity contribution in [1.29, 1.82) is 0 Å². The molecule has 16 heavy (non-hydrogen) atoms. The largest absolute Gasteiger partial charge is 0.357 e. The molecule has 2 amide bonds. The molecule has 0 radical (unpaired) electrons. The quantitative estimate of drug-likeness (QED) is 0.859. The molecule has 1 aromatic rings. The first-order chi connectivity index (χ1) is 7.54. The smallest absolute Gasteiger partial charge is 0.253 e. The van der Waals surface area contributed by atoms with Crippen molar-refractivity contribution < 1.29 is 9.59 Å². The first-order valence-corrected chi connectivity index (χ1v) is 5.47. The maximum atomic E-state index is 11.7. The predicted molar refractivity (Wildman–Crippen MR) is 62.9 cm³/mol. The number of nitrogens with zero attached hydrogens (tertiary/aromatic N) is 1. The summed E-state index contributed by atoms with van der Waals surface area (Å²) in [5, 5.41) is 5.02. The molecule has 1 aromatic heterocycles. The average molecular weight is 286 g/mol. The Kier molecular flexibility index (Phi) is 4.42. The number of carbonyl (C=O) groups is 2. The Morgan fingerprint density at radius 1 is 1.44 bits per heavy atom. The lowest BCUT2D eigenvalue weighted by atomic mass is 10.2. The predicted octanol–water partition coefficient (Wildman–Crippen LogP) is 0.708. The average Bonchev–Trinajstić information content (AvgIpc) is 2.27. The number of nitrogens with one attached hydrogen (secondary N) is 2. The highest BCUT2D eigenvalue weighted by Crippen LogP contribution is 2.09. The summed E-state index contributed by atoms with van der Waals surface area (Å²) in [4.78, 5) is 26.7. The Hall–Kier alpha value is -1.43. The number of rotatable bonds is 3. The molecule has 1 rings (SSSR count). The zero-order valence-electron chi connectivity index (χ0n) is 8.95. The molecule has 1 heterocycles. The number of carbonyl (C=O) groups excluding carboxylic acids is 2. The van der Waals surface area contributed by atoms with Gasteiger partial charge in [0.1, 0.15) is 6.04 Å². The van der Waals surface area contributed by atoms with Crippen LogP contribution < -0.4 is 10.6 Å². The topological polar surface area (TPSA) is 71.1 Å². The molecular formula is C10H12BrN3O2. The lowest BCUT2D eigenvalue weighted by Crippen LogP contribution is -2.43. The van der Waals surface area contributed by atoms with Gasteiger partial charge in [-0.25, -0.2) is 0 Å². The molecule has 86 valence electrons. The van der Waals surface area contributed by atoms with Crippen LogP contribution in [0, 0.1) is 0 Å². The second kappa shape index (κ2) is 5.60. The Bertz CT molecular complexity index is 409. The molecule has 0 aliphatic rings. The van der Waals surface area contributed by atoms with Gasteiger partial charge in [0.05, 0.1) is 5.56 Å². The summed E-state index contributed by atoms with van der Waals surface area (Å²) in [7, 11) is 1.52.